The molecule has 6 heteroatoms. The molecule has 1 saturated carbocycles. The summed E-state index contributed by atoms with van der Waals surface area (Å²) in [5, 5.41) is 14.4. The maximum Gasteiger partial charge on any atom is 0.306 e. The molecular weight excluding hydrogens is 296 g/mol. The van der Waals surface area contributed by atoms with Crippen molar-refractivity contribution >= 4 is 23.5 Å². The third-order valence-corrected chi connectivity index (χ3v) is 4.24. The Hall–Kier alpha value is -2.37. The Kier molecular flexibility index (Phi) is 5.73. The summed E-state index contributed by atoms with van der Waals surface area (Å²) >= 11 is 0. The van der Waals surface area contributed by atoms with Crippen LogP contribution in [-0.2, 0) is 14.4 Å². The molecule has 0 saturated heterocycles. The lowest BCUT2D eigenvalue weighted by Crippen LogP contribution is -2.45. The number of anilines is 1. The Morgan fingerprint density at radius 2 is 1.61 bits per heavy atom. The Morgan fingerprint density at radius 3 is 2.17 bits per heavy atom. The second-order valence-corrected chi connectivity index (χ2v) is 5.97. The largest absolute Gasteiger partial charge is 0.481 e. The number of carboxylic acid groups (broad SMARTS) is 1. The standard InChI is InChI=1S/C17H22N2O4/c1-11(15(20)19-14-5-3-2-4-6-14)18-16(21)12-7-9-13(10-8-12)17(22)23/h2-6,11-13H,7-10H2,1H3,(H,18,21)(H,19,20)(H,22,23). The van der Waals surface area contributed by atoms with E-state index in [0.717, 1.165) is 0 Å². The number of para-hydroxylation sites is 1. The molecule has 0 radical (unpaired) electrons. The maximum absolute atomic E-state index is 12.2. The van der Waals surface area contributed by atoms with Gasteiger partial charge in [0.25, 0.3) is 0 Å². The number of aliphatic carboxylic acids is 1. The van der Waals surface area contributed by atoms with Crippen LogP contribution in [0.25, 0.3) is 0 Å². The van der Waals surface area contributed by atoms with Crippen LogP contribution in [-0.4, -0.2) is 28.9 Å². The first-order valence-electron chi connectivity index (χ1n) is 7.86. The van der Waals surface area contributed by atoms with Crippen LogP contribution in [0, 0.1) is 11.8 Å². The fraction of sp³-hybridized carbons (Fsp3) is 0.471. The van der Waals surface area contributed by atoms with Gasteiger partial charge in [0.15, 0.2) is 0 Å². The molecule has 0 bridgehead atoms. The van der Waals surface area contributed by atoms with E-state index >= 15 is 0 Å². The van der Waals surface area contributed by atoms with Crippen LogP contribution in [0.2, 0.25) is 0 Å². The Labute approximate surface area is 135 Å². The van der Waals surface area contributed by atoms with Gasteiger partial charge < -0.3 is 15.7 Å². The minimum absolute atomic E-state index is 0.176. The van der Waals surface area contributed by atoms with Crippen LogP contribution >= 0.6 is 0 Å². The van der Waals surface area contributed by atoms with E-state index in [-0.39, 0.29) is 23.7 Å². The maximum atomic E-state index is 12.2. The molecule has 0 aromatic heterocycles. The summed E-state index contributed by atoms with van der Waals surface area (Å²) in [6.07, 6.45) is 2.13. The molecule has 2 amide bonds. The number of rotatable bonds is 5. The topological polar surface area (TPSA) is 95.5 Å². The van der Waals surface area contributed by atoms with E-state index in [2.05, 4.69) is 10.6 Å². The van der Waals surface area contributed by atoms with Crippen molar-refractivity contribution in [2.24, 2.45) is 11.8 Å². The molecule has 124 valence electrons. The van der Waals surface area contributed by atoms with Crippen molar-refractivity contribution in [2.75, 3.05) is 5.32 Å². The van der Waals surface area contributed by atoms with Gasteiger partial charge in [-0.05, 0) is 44.7 Å². The normalized spacial score (nSPS) is 22.0. The lowest BCUT2D eigenvalue weighted by atomic mass is 9.81. The van der Waals surface area contributed by atoms with Gasteiger partial charge in [0.1, 0.15) is 6.04 Å². The summed E-state index contributed by atoms with van der Waals surface area (Å²) in [6, 6.07) is 8.41. The molecule has 0 spiro atoms. The summed E-state index contributed by atoms with van der Waals surface area (Å²) in [4.78, 5) is 35.2. The SMILES string of the molecule is CC(NC(=O)C1CCC(C(=O)O)CC1)C(=O)Nc1ccccc1. The van der Waals surface area contributed by atoms with Crippen LogP contribution in [0.1, 0.15) is 32.6 Å². The summed E-state index contributed by atoms with van der Waals surface area (Å²) in [7, 11) is 0. The average molecular weight is 318 g/mol. The van der Waals surface area contributed by atoms with E-state index in [1.165, 1.54) is 0 Å². The molecule has 1 aromatic rings. The third kappa shape index (κ3) is 4.81. The summed E-state index contributed by atoms with van der Waals surface area (Å²) < 4.78 is 0. The van der Waals surface area contributed by atoms with Gasteiger partial charge in [-0.1, -0.05) is 18.2 Å². The van der Waals surface area contributed by atoms with Crippen LogP contribution in [0.5, 0.6) is 0 Å². The van der Waals surface area contributed by atoms with Gasteiger partial charge in [-0.2, -0.15) is 0 Å². The number of amides is 2. The number of benzene rings is 1. The van der Waals surface area contributed by atoms with Gasteiger partial charge in [-0.25, -0.2) is 0 Å². The van der Waals surface area contributed by atoms with E-state index in [1.54, 1.807) is 19.1 Å². The van der Waals surface area contributed by atoms with Crippen LogP contribution < -0.4 is 10.6 Å². The molecule has 1 aromatic carbocycles. The summed E-state index contributed by atoms with van der Waals surface area (Å²) in [5.74, 6) is -1.80. The first-order valence-corrected chi connectivity index (χ1v) is 7.86. The first kappa shape index (κ1) is 17.0. The minimum Gasteiger partial charge on any atom is -0.481 e. The highest BCUT2D eigenvalue weighted by Crippen LogP contribution is 2.29. The van der Waals surface area contributed by atoms with Crippen molar-refractivity contribution in [3.8, 4) is 0 Å². The van der Waals surface area contributed by atoms with Gasteiger partial charge in [0.05, 0.1) is 5.92 Å². The van der Waals surface area contributed by atoms with Gasteiger partial charge in [-0.3, -0.25) is 14.4 Å². The molecule has 6 nitrogen and oxygen atoms in total. The van der Waals surface area contributed by atoms with Gasteiger partial charge >= 0.3 is 5.97 Å². The zero-order chi connectivity index (χ0) is 16.8. The molecule has 1 unspecified atom stereocenters. The number of carbonyl (C=O) groups excluding carboxylic acids is 2. The minimum atomic E-state index is -0.792. The van der Waals surface area contributed by atoms with Crippen molar-refractivity contribution in [1.29, 1.82) is 0 Å². The zero-order valence-electron chi connectivity index (χ0n) is 13.1. The highest BCUT2D eigenvalue weighted by atomic mass is 16.4. The summed E-state index contributed by atoms with van der Waals surface area (Å²) in [6.45, 7) is 1.64. The Morgan fingerprint density at radius 1 is 1.04 bits per heavy atom. The van der Waals surface area contributed by atoms with Gasteiger partial charge in [0, 0.05) is 11.6 Å². The number of nitrogens with one attached hydrogen (secondary N) is 2. The molecule has 1 aliphatic carbocycles. The monoisotopic (exact) mass is 318 g/mol. The van der Waals surface area contributed by atoms with E-state index in [4.69, 9.17) is 5.11 Å². The lowest BCUT2D eigenvalue weighted by molar-refractivity contribution is -0.144. The van der Waals surface area contributed by atoms with Crippen molar-refractivity contribution in [3.05, 3.63) is 30.3 Å². The third-order valence-electron chi connectivity index (χ3n) is 4.24. The van der Waals surface area contributed by atoms with E-state index in [1.807, 2.05) is 18.2 Å². The second-order valence-electron chi connectivity index (χ2n) is 5.97. The molecule has 0 heterocycles. The average Bonchev–Trinajstić information content (AvgIpc) is 2.55. The number of carboxylic acids is 1. The van der Waals surface area contributed by atoms with E-state index in [0.29, 0.717) is 31.4 Å². The molecular formula is C17H22N2O4. The molecule has 2 rings (SSSR count). The Balaban J connectivity index is 1.80. The highest BCUT2D eigenvalue weighted by Gasteiger charge is 2.30. The van der Waals surface area contributed by atoms with Gasteiger partial charge in [-0.15, -0.1) is 0 Å². The van der Waals surface area contributed by atoms with Crippen LogP contribution in [0.15, 0.2) is 30.3 Å². The molecule has 3 N–H and O–H groups in total. The molecule has 23 heavy (non-hydrogen) atoms. The zero-order valence-corrected chi connectivity index (χ0v) is 13.1. The van der Waals surface area contributed by atoms with Crippen molar-refractivity contribution in [2.45, 2.75) is 38.6 Å². The number of hydrogen-bond donors (Lipinski definition) is 3. The van der Waals surface area contributed by atoms with E-state index < -0.39 is 12.0 Å². The number of carbonyl (C=O) groups is 3. The summed E-state index contributed by atoms with van der Waals surface area (Å²) in [5.41, 5.74) is 0.681. The van der Waals surface area contributed by atoms with Gasteiger partial charge in [0.2, 0.25) is 11.8 Å². The Bertz CT molecular complexity index is 565. The quantitative estimate of drug-likeness (QED) is 0.774. The fourth-order valence-electron chi connectivity index (χ4n) is 2.77. The van der Waals surface area contributed by atoms with Crippen LogP contribution in [0.3, 0.4) is 0 Å². The van der Waals surface area contributed by atoms with Crippen LogP contribution in [0.4, 0.5) is 5.69 Å². The molecule has 1 aliphatic rings. The van der Waals surface area contributed by atoms with E-state index in [9.17, 15) is 14.4 Å². The predicted molar refractivity (Wildman–Crippen MR) is 85.8 cm³/mol. The lowest BCUT2D eigenvalue weighted by Gasteiger charge is -2.26. The van der Waals surface area contributed by atoms with Crippen molar-refractivity contribution < 1.29 is 19.5 Å². The second kappa shape index (κ2) is 7.76. The molecule has 0 aliphatic heterocycles. The fourth-order valence-corrected chi connectivity index (χ4v) is 2.77. The van der Waals surface area contributed by atoms with Crippen molar-refractivity contribution in [1.82, 2.24) is 5.32 Å². The first-order chi connectivity index (χ1) is 11.0. The highest BCUT2D eigenvalue weighted by molar-refractivity contribution is 5.97. The number of hydrogen-bond acceptors (Lipinski definition) is 3. The molecule has 1 atom stereocenters. The molecule has 1 fully saturated rings. The van der Waals surface area contributed by atoms with Crippen molar-refractivity contribution in [3.63, 3.8) is 0 Å². The predicted octanol–water partition coefficient (Wildman–Crippen LogP) is 2.02. The smallest absolute Gasteiger partial charge is 0.306 e.